The summed E-state index contributed by atoms with van der Waals surface area (Å²) in [6, 6.07) is 16.4. The Morgan fingerprint density at radius 3 is 2.29 bits per heavy atom. The summed E-state index contributed by atoms with van der Waals surface area (Å²) < 4.78 is 13.6. The fourth-order valence-electron chi connectivity index (χ4n) is 2.42. The van der Waals surface area contributed by atoms with Crippen molar-refractivity contribution in [3.8, 4) is 0 Å². The molecule has 0 aliphatic carbocycles. The van der Waals surface area contributed by atoms with Gasteiger partial charge in [-0.2, -0.15) is 0 Å². The predicted molar refractivity (Wildman–Crippen MR) is 104 cm³/mol. The molecule has 7 nitrogen and oxygen atoms in total. The van der Waals surface area contributed by atoms with Crippen LogP contribution in [0.2, 0.25) is 0 Å². The monoisotopic (exact) mass is 379 g/mol. The average molecular weight is 379 g/mol. The number of carbonyl (C=O) groups is 2. The van der Waals surface area contributed by atoms with E-state index in [-0.39, 0.29) is 24.0 Å². The molecule has 0 atom stereocenters. The number of carbonyl (C=O) groups excluding carboxylic acids is 2. The van der Waals surface area contributed by atoms with Gasteiger partial charge in [-0.1, -0.05) is 18.2 Å². The Morgan fingerprint density at radius 2 is 1.64 bits per heavy atom. The Labute approximate surface area is 161 Å². The summed E-state index contributed by atoms with van der Waals surface area (Å²) in [5.74, 6) is -0.506. The van der Waals surface area contributed by atoms with E-state index in [9.17, 15) is 14.0 Å². The van der Waals surface area contributed by atoms with Crippen molar-refractivity contribution in [1.82, 2.24) is 15.5 Å². The minimum Gasteiger partial charge on any atom is -0.346 e. The lowest BCUT2D eigenvalue weighted by Gasteiger charge is -2.08. The number of aromatic nitrogens is 2. The zero-order chi connectivity index (χ0) is 19.9. The van der Waals surface area contributed by atoms with Gasteiger partial charge < -0.3 is 16.0 Å². The van der Waals surface area contributed by atoms with Gasteiger partial charge in [-0.05, 0) is 42.5 Å². The van der Waals surface area contributed by atoms with Crippen LogP contribution in [0.4, 0.5) is 21.6 Å². The highest BCUT2D eigenvalue weighted by atomic mass is 19.1. The van der Waals surface area contributed by atoms with Gasteiger partial charge in [-0.25, -0.2) is 4.39 Å². The Morgan fingerprint density at radius 1 is 0.929 bits per heavy atom. The number of anilines is 3. The molecule has 3 aromatic rings. The Hall–Kier alpha value is -3.81. The molecule has 0 spiro atoms. The van der Waals surface area contributed by atoms with Gasteiger partial charge >= 0.3 is 0 Å². The molecular weight excluding hydrogens is 361 g/mol. The van der Waals surface area contributed by atoms with Crippen LogP contribution < -0.4 is 16.0 Å². The van der Waals surface area contributed by atoms with Gasteiger partial charge in [0, 0.05) is 30.4 Å². The number of nitrogens with zero attached hydrogens (tertiary/aromatic N) is 2. The maximum Gasteiger partial charge on any atom is 0.272 e. The Bertz CT molecular complexity index is 975. The minimum absolute atomic E-state index is 0.0633. The van der Waals surface area contributed by atoms with Crippen molar-refractivity contribution in [2.24, 2.45) is 0 Å². The van der Waals surface area contributed by atoms with Gasteiger partial charge in [0.2, 0.25) is 5.91 Å². The van der Waals surface area contributed by atoms with Gasteiger partial charge in [0.15, 0.2) is 11.5 Å². The second-order valence-corrected chi connectivity index (χ2v) is 5.96. The Balaban J connectivity index is 1.57. The lowest BCUT2D eigenvalue weighted by atomic mass is 10.2. The van der Waals surface area contributed by atoms with Crippen molar-refractivity contribution >= 4 is 29.0 Å². The number of amides is 2. The molecule has 2 aromatic carbocycles. The van der Waals surface area contributed by atoms with Crippen LogP contribution in [0.15, 0.2) is 60.7 Å². The summed E-state index contributed by atoms with van der Waals surface area (Å²) >= 11 is 0. The summed E-state index contributed by atoms with van der Waals surface area (Å²) in [5.41, 5.74) is 1.96. The molecule has 8 heteroatoms. The third kappa shape index (κ3) is 5.10. The highest BCUT2D eigenvalue weighted by molar-refractivity contribution is 5.92. The molecule has 0 saturated heterocycles. The zero-order valence-electron chi connectivity index (χ0n) is 15.1. The molecule has 3 rings (SSSR count). The van der Waals surface area contributed by atoms with E-state index in [1.807, 2.05) is 0 Å². The fourth-order valence-corrected chi connectivity index (χ4v) is 2.42. The van der Waals surface area contributed by atoms with Crippen LogP contribution in [0.3, 0.4) is 0 Å². The molecule has 0 fully saturated rings. The summed E-state index contributed by atoms with van der Waals surface area (Å²) in [4.78, 5) is 23.2. The van der Waals surface area contributed by atoms with Gasteiger partial charge in [0.05, 0.1) is 0 Å². The first-order chi connectivity index (χ1) is 13.5. The largest absolute Gasteiger partial charge is 0.346 e. The first-order valence-corrected chi connectivity index (χ1v) is 8.51. The van der Waals surface area contributed by atoms with Gasteiger partial charge in [0.1, 0.15) is 5.82 Å². The molecule has 0 unspecified atom stereocenters. The molecule has 2 amide bonds. The van der Waals surface area contributed by atoms with E-state index < -0.39 is 5.91 Å². The fraction of sp³-hybridized carbons (Fsp3) is 0.100. The molecule has 142 valence electrons. The van der Waals surface area contributed by atoms with E-state index in [1.165, 1.54) is 19.1 Å². The Kier molecular flexibility index (Phi) is 5.91. The lowest BCUT2D eigenvalue weighted by Crippen LogP contribution is -2.24. The van der Waals surface area contributed by atoms with Gasteiger partial charge in [-0.3, -0.25) is 9.59 Å². The van der Waals surface area contributed by atoms with Crippen LogP contribution in [0, 0.1) is 5.82 Å². The number of rotatable bonds is 6. The maximum absolute atomic E-state index is 13.6. The average Bonchev–Trinajstić information content (AvgIpc) is 2.69. The second-order valence-electron chi connectivity index (χ2n) is 5.96. The second kappa shape index (κ2) is 8.72. The molecule has 0 bridgehead atoms. The number of halogens is 1. The van der Waals surface area contributed by atoms with Crippen LogP contribution in [-0.2, 0) is 11.3 Å². The van der Waals surface area contributed by atoms with E-state index in [0.717, 1.165) is 5.69 Å². The number of hydrogen-bond acceptors (Lipinski definition) is 5. The van der Waals surface area contributed by atoms with Crippen molar-refractivity contribution in [2.75, 3.05) is 10.6 Å². The predicted octanol–water partition coefficient (Wildman–Crippen LogP) is 3.25. The highest BCUT2D eigenvalue weighted by Gasteiger charge is 2.09. The smallest absolute Gasteiger partial charge is 0.272 e. The molecule has 0 radical (unpaired) electrons. The highest BCUT2D eigenvalue weighted by Crippen LogP contribution is 2.17. The van der Waals surface area contributed by atoms with Crippen LogP contribution in [0.1, 0.15) is 23.0 Å². The normalized spacial score (nSPS) is 10.2. The van der Waals surface area contributed by atoms with Crippen LogP contribution in [-0.4, -0.2) is 22.0 Å². The molecule has 0 aliphatic rings. The quantitative estimate of drug-likeness (QED) is 0.611. The van der Waals surface area contributed by atoms with Crippen molar-refractivity contribution in [3.05, 3.63) is 77.7 Å². The molecular formula is C20H18FN5O2. The summed E-state index contributed by atoms with van der Waals surface area (Å²) in [5, 5.41) is 16.2. The van der Waals surface area contributed by atoms with E-state index in [2.05, 4.69) is 26.1 Å². The van der Waals surface area contributed by atoms with Gasteiger partial charge in [-0.15, -0.1) is 10.2 Å². The van der Waals surface area contributed by atoms with E-state index in [1.54, 1.807) is 48.5 Å². The molecule has 1 aromatic heterocycles. The zero-order valence-corrected chi connectivity index (χ0v) is 15.1. The van der Waals surface area contributed by atoms with Crippen molar-refractivity contribution in [3.63, 3.8) is 0 Å². The molecule has 28 heavy (non-hydrogen) atoms. The molecule has 0 saturated carbocycles. The number of nitrogens with one attached hydrogen (secondary N) is 3. The molecule has 1 heterocycles. The summed E-state index contributed by atoms with van der Waals surface area (Å²) in [6.07, 6.45) is 0. The third-order valence-electron chi connectivity index (χ3n) is 3.77. The third-order valence-corrected chi connectivity index (χ3v) is 3.77. The number of hydrogen-bond donors (Lipinski definition) is 3. The van der Waals surface area contributed by atoms with Crippen LogP contribution in [0.25, 0.3) is 0 Å². The standard InChI is InChI=1S/C20H18FN5O2/c1-13(27)23-15-6-8-16(9-7-15)24-19-11-10-18(25-26-19)20(28)22-12-14-4-2-3-5-17(14)21/h2-11H,12H2,1H3,(H,22,28)(H,23,27)(H,24,26). The summed E-state index contributed by atoms with van der Waals surface area (Å²) in [6.45, 7) is 1.50. The maximum atomic E-state index is 13.6. The van der Waals surface area contributed by atoms with E-state index in [4.69, 9.17) is 0 Å². The van der Waals surface area contributed by atoms with Crippen molar-refractivity contribution < 1.29 is 14.0 Å². The lowest BCUT2D eigenvalue weighted by molar-refractivity contribution is -0.114. The van der Waals surface area contributed by atoms with Crippen LogP contribution in [0.5, 0.6) is 0 Å². The first kappa shape index (κ1) is 19.0. The molecule has 3 N–H and O–H groups in total. The van der Waals surface area contributed by atoms with Crippen molar-refractivity contribution in [1.29, 1.82) is 0 Å². The topological polar surface area (TPSA) is 96.0 Å². The first-order valence-electron chi connectivity index (χ1n) is 8.51. The minimum atomic E-state index is -0.443. The SMILES string of the molecule is CC(=O)Nc1ccc(Nc2ccc(C(=O)NCc3ccccc3F)nn2)cc1. The van der Waals surface area contributed by atoms with E-state index >= 15 is 0 Å². The van der Waals surface area contributed by atoms with Gasteiger partial charge in [0.25, 0.3) is 5.91 Å². The molecule has 0 aliphatic heterocycles. The van der Waals surface area contributed by atoms with E-state index in [0.29, 0.717) is 17.1 Å². The summed E-state index contributed by atoms with van der Waals surface area (Å²) in [7, 11) is 0. The number of benzene rings is 2. The van der Waals surface area contributed by atoms with Crippen molar-refractivity contribution in [2.45, 2.75) is 13.5 Å². The van der Waals surface area contributed by atoms with Crippen LogP contribution >= 0.6 is 0 Å².